The van der Waals surface area contributed by atoms with Gasteiger partial charge in [-0.15, -0.1) is 0 Å². The Hall–Kier alpha value is -0.570. The number of hydrogen-bond acceptors (Lipinski definition) is 3. The number of hydrogen-bond donors (Lipinski definition) is 0. The second-order valence-electron chi connectivity index (χ2n) is 7.49. The maximum atomic E-state index is 12.1. The van der Waals surface area contributed by atoms with Crippen molar-refractivity contribution in [2.45, 2.75) is 96.9 Å². The van der Waals surface area contributed by atoms with Crippen LogP contribution < -0.4 is 0 Å². The summed E-state index contributed by atoms with van der Waals surface area (Å²) in [4.78, 5) is 12.1. The fourth-order valence-electron chi connectivity index (χ4n) is 4.38. The molecule has 0 aromatic carbocycles. The van der Waals surface area contributed by atoms with Crippen molar-refractivity contribution in [2.75, 3.05) is 0 Å². The van der Waals surface area contributed by atoms with Crippen molar-refractivity contribution in [3.8, 4) is 0 Å². The highest BCUT2D eigenvalue weighted by Crippen LogP contribution is 2.58. The predicted molar refractivity (Wildman–Crippen MR) is 79.5 cm³/mol. The molecule has 3 heteroatoms. The van der Waals surface area contributed by atoms with Gasteiger partial charge in [-0.1, -0.05) is 20.8 Å². The molecule has 0 aromatic rings. The molecule has 1 heterocycles. The van der Waals surface area contributed by atoms with Crippen molar-refractivity contribution < 1.29 is 14.3 Å². The quantitative estimate of drug-likeness (QED) is 0.726. The van der Waals surface area contributed by atoms with Gasteiger partial charge in [-0.2, -0.15) is 0 Å². The van der Waals surface area contributed by atoms with E-state index in [0.29, 0.717) is 6.42 Å². The van der Waals surface area contributed by atoms with Crippen LogP contribution in [0.15, 0.2) is 0 Å². The molecule has 3 nitrogen and oxygen atoms in total. The minimum absolute atomic E-state index is 0.0528. The highest BCUT2D eigenvalue weighted by molar-refractivity contribution is 5.70. The van der Waals surface area contributed by atoms with E-state index in [0.717, 1.165) is 38.5 Å². The second-order valence-corrected chi connectivity index (χ2v) is 7.49. The van der Waals surface area contributed by atoms with Gasteiger partial charge < -0.3 is 9.47 Å². The third-order valence-electron chi connectivity index (χ3n) is 5.50. The minimum Gasteiger partial charge on any atom is -0.456 e. The van der Waals surface area contributed by atoms with Crippen LogP contribution in [0.3, 0.4) is 0 Å². The Morgan fingerprint density at radius 1 is 1.25 bits per heavy atom. The third-order valence-corrected chi connectivity index (χ3v) is 5.50. The van der Waals surface area contributed by atoms with Crippen LogP contribution in [0, 0.1) is 5.41 Å². The summed E-state index contributed by atoms with van der Waals surface area (Å²) >= 11 is 0. The molecule has 0 bridgehead atoms. The van der Waals surface area contributed by atoms with Gasteiger partial charge in [0, 0.05) is 6.42 Å². The van der Waals surface area contributed by atoms with Crippen LogP contribution >= 0.6 is 0 Å². The summed E-state index contributed by atoms with van der Waals surface area (Å²) in [5, 5.41) is 0. The molecule has 3 atom stereocenters. The van der Waals surface area contributed by atoms with Crippen LogP contribution in [0.4, 0.5) is 0 Å². The Labute approximate surface area is 123 Å². The topological polar surface area (TPSA) is 35.5 Å². The summed E-state index contributed by atoms with van der Waals surface area (Å²) < 4.78 is 12.4. The number of carbonyl (C=O) groups excluding carboxylic acids is 1. The van der Waals surface area contributed by atoms with E-state index in [2.05, 4.69) is 27.7 Å². The van der Waals surface area contributed by atoms with E-state index >= 15 is 0 Å². The van der Waals surface area contributed by atoms with Crippen molar-refractivity contribution >= 4 is 5.97 Å². The average Bonchev–Trinajstić information content (AvgIpc) is 2.71. The zero-order chi connectivity index (χ0) is 15.0. The normalized spacial score (nSPS) is 40.0. The molecular weight excluding hydrogens is 252 g/mol. The van der Waals surface area contributed by atoms with Crippen LogP contribution in [0.1, 0.15) is 79.6 Å². The molecule has 2 fully saturated rings. The molecule has 116 valence electrons. The Morgan fingerprint density at radius 3 is 2.50 bits per heavy atom. The molecule has 1 aliphatic carbocycles. The second kappa shape index (κ2) is 5.32. The zero-order valence-corrected chi connectivity index (χ0v) is 13.8. The molecule has 2 rings (SSSR count). The monoisotopic (exact) mass is 282 g/mol. The lowest BCUT2D eigenvalue weighted by Gasteiger charge is -2.57. The molecule has 0 radical (unpaired) electrons. The van der Waals surface area contributed by atoms with Gasteiger partial charge in [0.2, 0.25) is 0 Å². The van der Waals surface area contributed by atoms with Gasteiger partial charge in [0.1, 0.15) is 11.2 Å². The van der Waals surface area contributed by atoms with Crippen molar-refractivity contribution in [2.24, 2.45) is 5.41 Å². The fourth-order valence-corrected chi connectivity index (χ4v) is 4.38. The molecule has 0 amide bonds. The lowest BCUT2D eigenvalue weighted by molar-refractivity contribution is -0.252. The van der Waals surface area contributed by atoms with E-state index in [1.54, 1.807) is 0 Å². The zero-order valence-electron chi connectivity index (χ0n) is 13.8. The summed E-state index contributed by atoms with van der Waals surface area (Å²) in [5.74, 6) is -0.0739. The average molecular weight is 282 g/mol. The van der Waals surface area contributed by atoms with Crippen molar-refractivity contribution in [1.82, 2.24) is 0 Å². The molecule has 0 aromatic heterocycles. The molecule has 20 heavy (non-hydrogen) atoms. The highest BCUT2D eigenvalue weighted by atomic mass is 16.6. The van der Waals surface area contributed by atoms with Gasteiger partial charge in [0.25, 0.3) is 0 Å². The first-order chi connectivity index (χ1) is 9.26. The van der Waals surface area contributed by atoms with Crippen molar-refractivity contribution in [3.05, 3.63) is 0 Å². The molecule has 1 spiro atoms. The minimum atomic E-state index is -0.480. The van der Waals surface area contributed by atoms with Gasteiger partial charge in [0.05, 0.1) is 6.10 Å². The Morgan fingerprint density at radius 2 is 1.95 bits per heavy atom. The van der Waals surface area contributed by atoms with Gasteiger partial charge in [-0.3, -0.25) is 4.79 Å². The number of rotatable bonds is 3. The Bertz CT molecular complexity index is 376. The van der Waals surface area contributed by atoms with Crippen LogP contribution in [0.2, 0.25) is 0 Å². The summed E-state index contributed by atoms with van der Waals surface area (Å²) in [5.41, 5.74) is -0.746. The first-order valence-corrected chi connectivity index (χ1v) is 8.16. The fraction of sp³-hybridized carbons (Fsp3) is 0.941. The molecule has 1 saturated heterocycles. The van der Waals surface area contributed by atoms with E-state index in [9.17, 15) is 4.79 Å². The van der Waals surface area contributed by atoms with Crippen LogP contribution in [-0.4, -0.2) is 23.3 Å². The number of esters is 1. The lowest BCUT2D eigenvalue weighted by atomic mass is 9.57. The highest BCUT2D eigenvalue weighted by Gasteiger charge is 2.64. The Kier molecular flexibility index (Phi) is 4.21. The molecule has 1 saturated carbocycles. The standard InChI is InChI=1S/C17H30O3/c1-6-8-14(18)20-16(5)11-7-10-15(3,4)17(16)12-9-13(2)19-17/h13H,6-12H2,1-5H3. The van der Waals surface area contributed by atoms with E-state index < -0.39 is 5.60 Å². The smallest absolute Gasteiger partial charge is 0.306 e. The summed E-state index contributed by atoms with van der Waals surface area (Å²) in [6.07, 6.45) is 6.81. The molecule has 1 aliphatic heterocycles. The van der Waals surface area contributed by atoms with Crippen LogP contribution in [0.25, 0.3) is 0 Å². The maximum Gasteiger partial charge on any atom is 0.306 e. The predicted octanol–water partition coefficient (Wildman–Crippen LogP) is 4.24. The Balaban J connectivity index is 2.31. The molecule has 3 unspecified atom stereocenters. The van der Waals surface area contributed by atoms with E-state index in [-0.39, 0.29) is 23.1 Å². The largest absolute Gasteiger partial charge is 0.456 e. The van der Waals surface area contributed by atoms with Crippen molar-refractivity contribution in [3.63, 3.8) is 0 Å². The number of ether oxygens (including phenoxy) is 2. The van der Waals surface area contributed by atoms with Crippen LogP contribution in [0.5, 0.6) is 0 Å². The lowest BCUT2D eigenvalue weighted by Crippen LogP contribution is -2.64. The molecular formula is C17H30O3. The van der Waals surface area contributed by atoms with Crippen LogP contribution in [-0.2, 0) is 14.3 Å². The maximum absolute atomic E-state index is 12.1. The van der Waals surface area contributed by atoms with Gasteiger partial charge >= 0.3 is 5.97 Å². The van der Waals surface area contributed by atoms with E-state index in [4.69, 9.17) is 9.47 Å². The van der Waals surface area contributed by atoms with E-state index in [1.165, 1.54) is 0 Å². The van der Waals surface area contributed by atoms with Crippen molar-refractivity contribution in [1.29, 1.82) is 0 Å². The summed E-state index contributed by atoms with van der Waals surface area (Å²) in [7, 11) is 0. The number of carbonyl (C=O) groups is 1. The first kappa shape index (κ1) is 15.8. The van der Waals surface area contributed by atoms with Gasteiger partial charge in [0.15, 0.2) is 0 Å². The first-order valence-electron chi connectivity index (χ1n) is 8.16. The van der Waals surface area contributed by atoms with E-state index in [1.807, 2.05) is 6.92 Å². The van der Waals surface area contributed by atoms with Gasteiger partial charge in [-0.25, -0.2) is 0 Å². The SMILES string of the molecule is CCCC(=O)OC1(C)CCCC(C)(C)C12CCC(C)O2. The third kappa shape index (κ3) is 2.38. The summed E-state index contributed by atoms with van der Waals surface area (Å²) in [6.45, 7) is 10.8. The van der Waals surface area contributed by atoms with Gasteiger partial charge in [-0.05, 0) is 57.8 Å². The molecule has 2 aliphatic rings. The summed E-state index contributed by atoms with van der Waals surface area (Å²) in [6, 6.07) is 0. The molecule has 0 N–H and O–H groups in total.